The van der Waals surface area contributed by atoms with Gasteiger partial charge in [-0.15, -0.1) is 11.3 Å². The van der Waals surface area contributed by atoms with Crippen molar-refractivity contribution in [2.45, 2.75) is 59.5 Å². The number of hydrogen-bond donors (Lipinski definition) is 1. The van der Waals surface area contributed by atoms with Gasteiger partial charge in [0.05, 0.1) is 5.69 Å². The largest absolute Gasteiger partial charge is 0.386 e. The highest BCUT2D eigenvalue weighted by molar-refractivity contribution is 7.11. The Morgan fingerprint density at radius 3 is 2.82 bits per heavy atom. The molecule has 0 saturated carbocycles. The molecule has 96 valence electrons. The van der Waals surface area contributed by atoms with Gasteiger partial charge in [-0.2, -0.15) is 0 Å². The lowest BCUT2D eigenvalue weighted by Gasteiger charge is -2.35. The first kappa shape index (κ1) is 13.0. The number of aliphatic hydroxyl groups is 1. The summed E-state index contributed by atoms with van der Waals surface area (Å²) in [6, 6.07) is 0. The quantitative estimate of drug-likeness (QED) is 0.890. The topological polar surface area (TPSA) is 33.1 Å². The molecule has 2 rings (SSSR count). The summed E-state index contributed by atoms with van der Waals surface area (Å²) in [5.74, 6) is 0.766. The van der Waals surface area contributed by atoms with Gasteiger partial charge < -0.3 is 5.11 Å². The molecule has 1 aliphatic carbocycles. The van der Waals surface area contributed by atoms with E-state index in [1.807, 2.05) is 0 Å². The van der Waals surface area contributed by atoms with Gasteiger partial charge in [0.1, 0.15) is 11.1 Å². The zero-order valence-electron chi connectivity index (χ0n) is 11.3. The molecule has 0 radical (unpaired) electrons. The Kier molecular flexibility index (Phi) is 3.60. The molecule has 0 fully saturated rings. The van der Waals surface area contributed by atoms with Gasteiger partial charge in [0.25, 0.3) is 0 Å². The van der Waals surface area contributed by atoms with Crippen molar-refractivity contribution < 1.29 is 5.11 Å². The molecule has 3 heteroatoms. The molecular formula is C14H23NOS. The second-order valence-electron chi connectivity index (χ2n) is 5.88. The Morgan fingerprint density at radius 2 is 2.24 bits per heavy atom. The minimum absolute atomic E-state index is 0.414. The van der Waals surface area contributed by atoms with Gasteiger partial charge in [-0.25, -0.2) is 4.98 Å². The molecule has 0 aromatic carbocycles. The molecule has 0 bridgehead atoms. The van der Waals surface area contributed by atoms with E-state index in [0.717, 1.165) is 23.8 Å². The van der Waals surface area contributed by atoms with E-state index < -0.39 is 6.10 Å². The maximum atomic E-state index is 9.59. The number of aliphatic hydroxyl groups excluding tert-OH is 1. The SMILES string of the molecule is CCC(C)(C)C1CCc2nc(C(C)O)sc2C1. The van der Waals surface area contributed by atoms with Crippen LogP contribution in [0.1, 0.15) is 62.2 Å². The fraction of sp³-hybridized carbons (Fsp3) is 0.786. The van der Waals surface area contributed by atoms with Crippen LogP contribution in [0.3, 0.4) is 0 Å². The molecule has 0 spiro atoms. The normalized spacial score (nSPS) is 22.3. The fourth-order valence-electron chi connectivity index (χ4n) is 2.53. The van der Waals surface area contributed by atoms with E-state index in [4.69, 9.17) is 0 Å². The molecule has 1 aromatic rings. The highest BCUT2D eigenvalue weighted by Crippen LogP contribution is 2.41. The number of fused-ring (bicyclic) bond motifs is 1. The van der Waals surface area contributed by atoms with Crippen molar-refractivity contribution in [2.24, 2.45) is 11.3 Å². The molecule has 2 nitrogen and oxygen atoms in total. The summed E-state index contributed by atoms with van der Waals surface area (Å²) in [5.41, 5.74) is 1.67. The smallest absolute Gasteiger partial charge is 0.121 e. The van der Waals surface area contributed by atoms with E-state index in [1.165, 1.54) is 23.4 Å². The Balaban J connectivity index is 2.19. The Morgan fingerprint density at radius 1 is 1.53 bits per heavy atom. The minimum atomic E-state index is -0.414. The van der Waals surface area contributed by atoms with Crippen LogP contribution >= 0.6 is 11.3 Å². The van der Waals surface area contributed by atoms with E-state index in [2.05, 4.69) is 25.8 Å². The maximum Gasteiger partial charge on any atom is 0.121 e. The lowest BCUT2D eigenvalue weighted by atomic mass is 9.70. The number of aryl methyl sites for hydroxylation is 1. The van der Waals surface area contributed by atoms with Gasteiger partial charge in [0.2, 0.25) is 0 Å². The van der Waals surface area contributed by atoms with Gasteiger partial charge in [0, 0.05) is 4.88 Å². The maximum absolute atomic E-state index is 9.59. The van der Waals surface area contributed by atoms with Crippen LogP contribution in [0, 0.1) is 11.3 Å². The first-order valence-electron chi connectivity index (χ1n) is 6.60. The van der Waals surface area contributed by atoms with E-state index in [0.29, 0.717) is 5.41 Å². The molecule has 1 N–H and O–H groups in total. The van der Waals surface area contributed by atoms with Crippen LogP contribution < -0.4 is 0 Å². The van der Waals surface area contributed by atoms with Crippen LogP contribution in [-0.4, -0.2) is 10.1 Å². The number of hydrogen-bond acceptors (Lipinski definition) is 3. The molecule has 1 aliphatic rings. The van der Waals surface area contributed by atoms with E-state index in [-0.39, 0.29) is 0 Å². The molecular weight excluding hydrogens is 230 g/mol. The lowest BCUT2D eigenvalue weighted by Crippen LogP contribution is -2.28. The van der Waals surface area contributed by atoms with E-state index in [9.17, 15) is 5.11 Å². The van der Waals surface area contributed by atoms with Crippen molar-refractivity contribution in [1.29, 1.82) is 0 Å². The number of nitrogens with zero attached hydrogens (tertiary/aromatic N) is 1. The molecule has 2 atom stereocenters. The predicted molar refractivity (Wildman–Crippen MR) is 72.3 cm³/mol. The average Bonchev–Trinajstić information content (AvgIpc) is 2.71. The summed E-state index contributed by atoms with van der Waals surface area (Å²) in [5, 5.41) is 10.5. The van der Waals surface area contributed by atoms with Gasteiger partial charge >= 0.3 is 0 Å². The monoisotopic (exact) mass is 253 g/mol. The lowest BCUT2D eigenvalue weighted by molar-refractivity contribution is 0.183. The van der Waals surface area contributed by atoms with Crippen molar-refractivity contribution >= 4 is 11.3 Å². The number of rotatable bonds is 3. The second-order valence-corrected chi connectivity index (χ2v) is 7.00. The van der Waals surface area contributed by atoms with Crippen LogP contribution in [0.4, 0.5) is 0 Å². The van der Waals surface area contributed by atoms with Crippen molar-refractivity contribution in [3.63, 3.8) is 0 Å². The molecule has 0 amide bonds. The van der Waals surface area contributed by atoms with Crippen molar-refractivity contribution in [3.8, 4) is 0 Å². The summed E-state index contributed by atoms with van der Waals surface area (Å²) < 4.78 is 0. The second kappa shape index (κ2) is 4.69. The number of aromatic nitrogens is 1. The van der Waals surface area contributed by atoms with Gasteiger partial charge in [-0.1, -0.05) is 27.2 Å². The van der Waals surface area contributed by atoms with E-state index in [1.54, 1.807) is 18.3 Å². The first-order chi connectivity index (χ1) is 7.94. The van der Waals surface area contributed by atoms with Gasteiger partial charge in [-0.05, 0) is 37.5 Å². The van der Waals surface area contributed by atoms with Crippen molar-refractivity contribution in [3.05, 3.63) is 15.6 Å². The third kappa shape index (κ3) is 2.55. The van der Waals surface area contributed by atoms with Crippen LogP contribution in [-0.2, 0) is 12.8 Å². The summed E-state index contributed by atoms with van der Waals surface area (Å²) in [4.78, 5) is 5.98. The third-order valence-corrected chi connectivity index (χ3v) is 5.62. The molecule has 0 saturated heterocycles. The highest BCUT2D eigenvalue weighted by atomic mass is 32.1. The average molecular weight is 253 g/mol. The van der Waals surface area contributed by atoms with Crippen LogP contribution in [0.15, 0.2) is 0 Å². The number of thiazole rings is 1. The fourth-order valence-corrected chi connectivity index (χ4v) is 3.66. The zero-order chi connectivity index (χ0) is 12.6. The summed E-state index contributed by atoms with van der Waals surface area (Å²) >= 11 is 1.71. The molecule has 0 aliphatic heterocycles. The van der Waals surface area contributed by atoms with Crippen molar-refractivity contribution in [2.75, 3.05) is 0 Å². The standard InChI is InChI=1S/C14H23NOS/c1-5-14(3,4)10-6-7-11-12(8-10)17-13(15-11)9(2)16/h9-10,16H,5-8H2,1-4H3. The molecule has 1 aromatic heterocycles. The summed E-state index contributed by atoms with van der Waals surface area (Å²) in [6.07, 6.45) is 4.31. The van der Waals surface area contributed by atoms with Gasteiger partial charge in [-0.3, -0.25) is 0 Å². The predicted octanol–water partition coefficient (Wildman–Crippen LogP) is 3.74. The van der Waals surface area contributed by atoms with Gasteiger partial charge in [0.15, 0.2) is 0 Å². The first-order valence-corrected chi connectivity index (χ1v) is 7.42. The van der Waals surface area contributed by atoms with Crippen LogP contribution in [0.25, 0.3) is 0 Å². The third-order valence-electron chi connectivity index (χ3n) is 4.33. The van der Waals surface area contributed by atoms with Crippen molar-refractivity contribution in [1.82, 2.24) is 4.98 Å². The van der Waals surface area contributed by atoms with Crippen LogP contribution in [0.5, 0.6) is 0 Å². The Labute approximate surface area is 108 Å². The summed E-state index contributed by atoms with van der Waals surface area (Å²) in [7, 11) is 0. The Bertz CT molecular complexity index is 395. The van der Waals surface area contributed by atoms with E-state index >= 15 is 0 Å². The zero-order valence-corrected chi connectivity index (χ0v) is 12.1. The molecule has 17 heavy (non-hydrogen) atoms. The Hall–Kier alpha value is -0.410. The highest BCUT2D eigenvalue weighted by Gasteiger charge is 2.32. The minimum Gasteiger partial charge on any atom is -0.386 e. The molecule has 2 unspecified atom stereocenters. The summed E-state index contributed by atoms with van der Waals surface area (Å²) in [6.45, 7) is 8.83. The van der Waals surface area contributed by atoms with Crippen LogP contribution in [0.2, 0.25) is 0 Å². The molecule has 1 heterocycles.